The van der Waals surface area contributed by atoms with Gasteiger partial charge in [0.25, 0.3) is 0 Å². The van der Waals surface area contributed by atoms with E-state index in [1.165, 1.54) is 50.3 Å². The normalized spacial score (nSPS) is 16.5. The molecule has 3 rings (SSSR count). The average molecular weight is 381 g/mol. The Morgan fingerprint density at radius 3 is 1.84 bits per heavy atom. The fourth-order valence-corrected chi connectivity index (χ4v) is 3.44. The van der Waals surface area contributed by atoms with Crippen LogP contribution >= 0.6 is 24.8 Å². The van der Waals surface area contributed by atoms with Crippen molar-refractivity contribution in [3.63, 3.8) is 0 Å². The smallest absolute Gasteiger partial charge is 0.0113 e. The lowest BCUT2D eigenvalue weighted by Crippen LogP contribution is -2.50. The van der Waals surface area contributed by atoms with Crippen LogP contribution in [0.25, 0.3) is 0 Å². The van der Waals surface area contributed by atoms with Gasteiger partial charge in [-0.15, -0.1) is 24.8 Å². The summed E-state index contributed by atoms with van der Waals surface area (Å²) >= 11 is 0. The van der Waals surface area contributed by atoms with Crippen LogP contribution in [0.4, 0.5) is 0 Å². The van der Waals surface area contributed by atoms with Gasteiger partial charge >= 0.3 is 0 Å². The highest BCUT2D eigenvalue weighted by Crippen LogP contribution is 2.12. The van der Waals surface area contributed by atoms with Crippen LogP contribution in [0.5, 0.6) is 0 Å². The molecule has 0 aromatic heterocycles. The van der Waals surface area contributed by atoms with E-state index in [0.717, 1.165) is 6.42 Å². The molecule has 25 heavy (non-hydrogen) atoms. The third kappa shape index (κ3) is 6.99. The third-order valence-electron chi connectivity index (χ3n) is 4.96. The molecule has 1 fully saturated rings. The van der Waals surface area contributed by atoms with Gasteiger partial charge in [-0.05, 0) is 30.9 Å². The maximum absolute atomic E-state index is 2.64. The lowest BCUT2D eigenvalue weighted by molar-refractivity contribution is 0.103. The molecule has 4 heteroatoms. The van der Waals surface area contributed by atoms with Gasteiger partial charge in [-0.3, -0.25) is 4.90 Å². The van der Waals surface area contributed by atoms with Gasteiger partial charge in [0.2, 0.25) is 0 Å². The van der Waals surface area contributed by atoms with Crippen molar-refractivity contribution in [2.24, 2.45) is 0 Å². The predicted molar refractivity (Wildman–Crippen MR) is 112 cm³/mol. The molecule has 1 unspecified atom stereocenters. The molecule has 1 atom stereocenters. The summed E-state index contributed by atoms with van der Waals surface area (Å²) in [5.74, 6) is 0. The minimum Gasteiger partial charge on any atom is -0.300 e. The Labute approximate surface area is 165 Å². The lowest BCUT2D eigenvalue weighted by Gasteiger charge is -2.38. The summed E-state index contributed by atoms with van der Waals surface area (Å²) in [6.45, 7) is 8.35. The fraction of sp³-hybridized carbons (Fsp3) is 0.429. The number of hydrogen-bond acceptors (Lipinski definition) is 2. The van der Waals surface area contributed by atoms with Crippen molar-refractivity contribution in [2.45, 2.75) is 25.8 Å². The number of halogens is 2. The van der Waals surface area contributed by atoms with E-state index in [0.29, 0.717) is 6.04 Å². The summed E-state index contributed by atoms with van der Waals surface area (Å²) < 4.78 is 0. The van der Waals surface area contributed by atoms with Gasteiger partial charge in [-0.1, -0.05) is 60.7 Å². The maximum atomic E-state index is 2.64. The maximum Gasteiger partial charge on any atom is 0.0113 e. The molecule has 0 spiro atoms. The van der Waals surface area contributed by atoms with E-state index in [2.05, 4.69) is 77.4 Å². The van der Waals surface area contributed by atoms with Crippen molar-refractivity contribution in [3.05, 3.63) is 71.8 Å². The molecule has 0 N–H and O–H groups in total. The van der Waals surface area contributed by atoms with E-state index in [-0.39, 0.29) is 24.8 Å². The van der Waals surface area contributed by atoms with Crippen molar-refractivity contribution in [2.75, 3.05) is 32.7 Å². The molecule has 1 aliphatic heterocycles. The summed E-state index contributed by atoms with van der Waals surface area (Å²) in [7, 11) is 0. The quantitative estimate of drug-likeness (QED) is 0.735. The number of hydrogen-bond donors (Lipinski definition) is 0. The summed E-state index contributed by atoms with van der Waals surface area (Å²) in [5.41, 5.74) is 2.90. The van der Waals surface area contributed by atoms with Crippen LogP contribution < -0.4 is 0 Å². The second-order valence-corrected chi connectivity index (χ2v) is 6.65. The Bertz CT molecular complexity index is 569. The molecular formula is C21H30Cl2N2. The molecule has 0 aliphatic carbocycles. The summed E-state index contributed by atoms with van der Waals surface area (Å²) in [6, 6.07) is 22.3. The Morgan fingerprint density at radius 1 is 0.760 bits per heavy atom. The first kappa shape index (κ1) is 22.0. The van der Waals surface area contributed by atoms with Crippen LogP contribution in [-0.2, 0) is 12.8 Å². The topological polar surface area (TPSA) is 6.48 Å². The van der Waals surface area contributed by atoms with Crippen molar-refractivity contribution in [1.29, 1.82) is 0 Å². The van der Waals surface area contributed by atoms with Gasteiger partial charge in [0.1, 0.15) is 0 Å². The van der Waals surface area contributed by atoms with Crippen LogP contribution in [0.3, 0.4) is 0 Å². The van der Waals surface area contributed by atoms with Crippen LogP contribution in [0.2, 0.25) is 0 Å². The molecule has 0 bridgehead atoms. The number of rotatable bonds is 6. The van der Waals surface area contributed by atoms with Gasteiger partial charge in [0.15, 0.2) is 0 Å². The zero-order valence-corrected chi connectivity index (χ0v) is 16.6. The van der Waals surface area contributed by atoms with Gasteiger partial charge in [-0.25, -0.2) is 0 Å². The first-order chi connectivity index (χ1) is 11.3. The first-order valence-electron chi connectivity index (χ1n) is 8.85. The number of nitrogens with zero attached hydrogens (tertiary/aromatic N) is 2. The first-order valence-corrected chi connectivity index (χ1v) is 8.85. The summed E-state index contributed by atoms with van der Waals surface area (Å²) in [5, 5.41) is 0. The number of piperazine rings is 1. The van der Waals surface area contributed by atoms with E-state index in [9.17, 15) is 0 Å². The molecule has 0 radical (unpaired) electrons. The van der Waals surface area contributed by atoms with E-state index >= 15 is 0 Å². The van der Waals surface area contributed by atoms with Gasteiger partial charge < -0.3 is 4.90 Å². The highest BCUT2D eigenvalue weighted by Gasteiger charge is 2.20. The SMILES string of the molecule is CC(Cc1ccccc1)N1CCN(CCc2ccccc2)CC1.Cl.Cl. The average Bonchev–Trinajstić information content (AvgIpc) is 2.62. The van der Waals surface area contributed by atoms with Crippen molar-refractivity contribution in [1.82, 2.24) is 9.80 Å². The van der Waals surface area contributed by atoms with Crippen LogP contribution in [0.15, 0.2) is 60.7 Å². The molecule has 2 aromatic carbocycles. The van der Waals surface area contributed by atoms with Crippen LogP contribution in [0, 0.1) is 0 Å². The zero-order valence-electron chi connectivity index (χ0n) is 15.0. The van der Waals surface area contributed by atoms with Gasteiger partial charge in [-0.2, -0.15) is 0 Å². The number of benzene rings is 2. The summed E-state index contributed by atoms with van der Waals surface area (Å²) in [4.78, 5) is 5.25. The molecule has 1 aliphatic rings. The predicted octanol–water partition coefficient (Wildman–Crippen LogP) is 4.32. The minimum atomic E-state index is 0. The largest absolute Gasteiger partial charge is 0.300 e. The molecule has 2 nitrogen and oxygen atoms in total. The molecule has 1 saturated heterocycles. The lowest BCUT2D eigenvalue weighted by atomic mass is 10.1. The Kier molecular flexibility index (Phi) is 10.1. The standard InChI is InChI=1S/C21H28N2.2ClH/c1-19(18-21-10-6-3-7-11-21)23-16-14-22(15-17-23)13-12-20-8-4-2-5-9-20;;/h2-11,19H,12-18H2,1H3;2*1H. The van der Waals surface area contributed by atoms with Crippen molar-refractivity contribution < 1.29 is 0 Å². The Balaban J connectivity index is 0.00000156. The van der Waals surface area contributed by atoms with Crippen LogP contribution in [0.1, 0.15) is 18.1 Å². The van der Waals surface area contributed by atoms with E-state index in [4.69, 9.17) is 0 Å². The van der Waals surface area contributed by atoms with E-state index in [1.54, 1.807) is 0 Å². The van der Waals surface area contributed by atoms with Crippen molar-refractivity contribution in [3.8, 4) is 0 Å². The molecule has 1 heterocycles. The van der Waals surface area contributed by atoms with E-state index in [1.807, 2.05) is 0 Å². The molecular weight excluding hydrogens is 351 g/mol. The minimum absolute atomic E-state index is 0. The monoisotopic (exact) mass is 380 g/mol. The molecule has 0 amide bonds. The fourth-order valence-electron chi connectivity index (χ4n) is 3.44. The third-order valence-corrected chi connectivity index (χ3v) is 4.96. The summed E-state index contributed by atoms with van der Waals surface area (Å²) in [6.07, 6.45) is 2.32. The van der Waals surface area contributed by atoms with Gasteiger partial charge in [0.05, 0.1) is 0 Å². The Morgan fingerprint density at radius 2 is 1.28 bits per heavy atom. The molecule has 2 aromatic rings. The zero-order chi connectivity index (χ0) is 15.9. The van der Waals surface area contributed by atoms with Crippen molar-refractivity contribution >= 4 is 24.8 Å². The Hall–Kier alpha value is -1.06. The second kappa shape index (κ2) is 11.5. The van der Waals surface area contributed by atoms with Crippen LogP contribution in [-0.4, -0.2) is 48.6 Å². The highest BCUT2D eigenvalue weighted by molar-refractivity contribution is 5.85. The highest BCUT2D eigenvalue weighted by atomic mass is 35.5. The molecule has 138 valence electrons. The van der Waals surface area contributed by atoms with E-state index < -0.39 is 0 Å². The van der Waals surface area contributed by atoms with Gasteiger partial charge in [0, 0.05) is 38.8 Å². The second-order valence-electron chi connectivity index (χ2n) is 6.65. The molecule has 0 saturated carbocycles.